The lowest BCUT2D eigenvalue weighted by atomic mass is 9.97. The van der Waals surface area contributed by atoms with Crippen molar-refractivity contribution in [1.29, 1.82) is 0 Å². The van der Waals surface area contributed by atoms with E-state index in [0.717, 1.165) is 5.56 Å². The number of nitrogens with zero attached hydrogens (tertiary/aromatic N) is 4. The van der Waals surface area contributed by atoms with Gasteiger partial charge in [-0.15, -0.1) is 5.10 Å². The van der Waals surface area contributed by atoms with Gasteiger partial charge in [-0.2, -0.15) is 0 Å². The zero-order valence-corrected chi connectivity index (χ0v) is 15.2. The van der Waals surface area contributed by atoms with Crippen LogP contribution in [0.3, 0.4) is 0 Å². The Labute approximate surface area is 156 Å². The molecule has 1 fully saturated rings. The monoisotopic (exact) mass is 370 g/mol. The van der Waals surface area contributed by atoms with E-state index in [-0.39, 0.29) is 24.5 Å². The first-order valence-electron chi connectivity index (χ1n) is 9.15. The van der Waals surface area contributed by atoms with Crippen molar-refractivity contribution in [3.05, 3.63) is 46.8 Å². The summed E-state index contributed by atoms with van der Waals surface area (Å²) in [6.07, 6.45) is 0.821. The van der Waals surface area contributed by atoms with Gasteiger partial charge in [0.05, 0.1) is 24.8 Å². The third-order valence-corrected chi connectivity index (χ3v) is 5.38. The van der Waals surface area contributed by atoms with E-state index < -0.39 is 5.97 Å². The number of carbonyl (C=O) groups excluding carboxylic acids is 1. The second-order valence-corrected chi connectivity index (χ2v) is 7.18. The van der Waals surface area contributed by atoms with Gasteiger partial charge < -0.3 is 14.7 Å². The van der Waals surface area contributed by atoms with Crippen LogP contribution in [0.2, 0.25) is 0 Å². The van der Waals surface area contributed by atoms with Crippen LogP contribution in [0.25, 0.3) is 0 Å². The number of carboxylic acid groups (broad SMARTS) is 1. The molecule has 1 amide bonds. The molecule has 8 nitrogen and oxygen atoms in total. The largest absolute Gasteiger partial charge is 0.481 e. The third kappa shape index (κ3) is 3.44. The van der Waals surface area contributed by atoms with Crippen LogP contribution in [-0.2, 0) is 22.7 Å². The molecule has 2 aliphatic heterocycles. The third-order valence-electron chi connectivity index (χ3n) is 5.38. The van der Waals surface area contributed by atoms with Crippen LogP contribution in [0, 0.1) is 12.8 Å². The predicted molar refractivity (Wildman–Crippen MR) is 95.0 cm³/mol. The highest BCUT2D eigenvalue weighted by atomic mass is 16.5. The minimum Gasteiger partial charge on any atom is -0.481 e. The molecule has 0 unspecified atom stereocenters. The van der Waals surface area contributed by atoms with Gasteiger partial charge in [-0.1, -0.05) is 35.0 Å². The number of benzene rings is 1. The molecule has 2 aliphatic rings. The van der Waals surface area contributed by atoms with Crippen molar-refractivity contribution in [2.45, 2.75) is 39.0 Å². The number of rotatable bonds is 3. The predicted octanol–water partition coefficient (Wildman–Crippen LogP) is 1.79. The fourth-order valence-electron chi connectivity index (χ4n) is 3.64. The first kappa shape index (κ1) is 17.7. The highest BCUT2D eigenvalue weighted by molar-refractivity contribution is 5.93. The van der Waals surface area contributed by atoms with Crippen LogP contribution in [0.4, 0.5) is 0 Å². The Hall–Kier alpha value is -2.74. The van der Waals surface area contributed by atoms with Crippen molar-refractivity contribution >= 4 is 11.9 Å². The molecule has 1 saturated heterocycles. The standard InChI is InChI=1S/C19H22N4O4/c1-12-2-4-13(5-3-12)16-10-23-15(11-27-16)17(20-21-23)18(24)22-8-6-14(7-9-22)19(25)26/h2-5,14,16H,6-11H2,1H3,(H,25,26)/t16-/m1/s1. The number of likely N-dealkylation sites (tertiary alicyclic amines) is 1. The highest BCUT2D eigenvalue weighted by Crippen LogP contribution is 2.28. The van der Waals surface area contributed by atoms with E-state index in [4.69, 9.17) is 9.84 Å². The molecule has 142 valence electrons. The number of carbonyl (C=O) groups is 2. The summed E-state index contributed by atoms with van der Waals surface area (Å²) in [7, 11) is 0. The van der Waals surface area contributed by atoms with Crippen molar-refractivity contribution in [3.63, 3.8) is 0 Å². The molecule has 27 heavy (non-hydrogen) atoms. The van der Waals surface area contributed by atoms with Crippen LogP contribution in [0.15, 0.2) is 24.3 Å². The first-order valence-corrected chi connectivity index (χ1v) is 9.15. The van der Waals surface area contributed by atoms with Crippen LogP contribution >= 0.6 is 0 Å². The quantitative estimate of drug-likeness (QED) is 0.885. The fourth-order valence-corrected chi connectivity index (χ4v) is 3.64. The molecule has 4 rings (SSSR count). The first-order chi connectivity index (χ1) is 13.0. The van der Waals surface area contributed by atoms with Crippen molar-refractivity contribution in [2.75, 3.05) is 13.1 Å². The Balaban J connectivity index is 1.46. The van der Waals surface area contributed by atoms with Gasteiger partial charge in [0.15, 0.2) is 5.69 Å². The molecule has 0 saturated carbocycles. The maximum atomic E-state index is 12.8. The van der Waals surface area contributed by atoms with E-state index in [1.165, 1.54) is 5.56 Å². The molecule has 0 spiro atoms. The summed E-state index contributed by atoms with van der Waals surface area (Å²) in [6.45, 7) is 3.68. The lowest BCUT2D eigenvalue weighted by Crippen LogP contribution is -2.41. The molecule has 0 bridgehead atoms. The molecule has 1 aromatic heterocycles. The number of hydrogen-bond donors (Lipinski definition) is 1. The summed E-state index contributed by atoms with van der Waals surface area (Å²) in [5.41, 5.74) is 3.26. The Morgan fingerprint density at radius 1 is 1.19 bits per heavy atom. The Morgan fingerprint density at radius 2 is 1.89 bits per heavy atom. The average molecular weight is 370 g/mol. The Bertz CT molecular complexity index is 853. The van der Waals surface area contributed by atoms with Crippen LogP contribution in [-0.4, -0.2) is 50.0 Å². The van der Waals surface area contributed by atoms with Gasteiger partial charge in [0.25, 0.3) is 5.91 Å². The minimum atomic E-state index is -0.793. The fraction of sp³-hybridized carbons (Fsp3) is 0.474. The number of aromatic nitrogens is 3. The second kappa shape index (κ2) is 7.11. The van der Waals surface area contributed by atoms with E-state index in [1.807, 2.05) is 31.2 Å². The van der Waals surface area contributed by atoms with Crippen LogP contribution in [0.5, 0.6) is 0 Å². The van der Waals surface area contributed by atoms with Crippen LogP contribution in [0.1, 0.15) is 46.3 Å². The number of carboxylic acids is 1. The Kier molecular flexibility index (Phi) is 4.65. The van der Waals surface area contributed by atoms with Gasteiger partial charge in [-0.25, -0.2) is 4.68 Å². The van der Waals surface area contributed by atoms with E-state index in [0.29, 0.717) is 43.9 Å². The zero-order chi connectivity index (χ0) is 19.0. The number of amides is 1. The van der Waals surface area contributed by atoms with E-state index >= 15 is 0 Å². The number of aliphatic carboxylic acids is 1. The number of aryl methyl sites for hydroxylation is 1. The topological polar surface area (TPSA) is 97.6 Å². The van der Waals surface area contributed by atoms with E-state index in [9.17, 15) is 9.59 Å². The Morgan fingerprint density at radius 3 is 2.56 bits per heavy atom. The summed E-state index contributed by atoms with van der Waals surface area (Å²) < 4.78 is 7.71. The van der Waals surface area contributed by atoms with Gasteiger partial charge in [0.2, 0.25) is 0 Å². The van der Waals surface area contributed by atoms with Gasteiger partial charge >= 0.3 is 5.97 Å². The molecule has 0 aliphatic carbocycles. The maximum absolute atomic E-state index is 12.8. The molecule has 1 atom stereocenters. The number of fused-ring (bicyclic) bond motifs is 1. The summed E-state index contributed by atoms with van der Waals surface area (Å²) in [6, 6.07) is 8.18. The summed E-state index contributed by atoms with van der Waals surface area (Å²) in [4.78, 5) is 25.5. The molecule has 0 radical (unpaired) electrons. The maximum Gasteiger partial charge on any atom is 0.306 e. The number of ether oxygens (including phenoxy) is 1. The molecule has 1 aromatic carbocycles. The van der Waals surface area contributed by atoms with Gasteiger partial charge in [0.1, 0.15) is 6.10 Å². The van der Waals surface area contributed by atoms with Crippen molar-refractivity contribution in [3.8, 4) is 0 Å². The van der Waals surface area contributed by atoms with Gasteiger partial charge in [0, 0.05) is 13.1 Å². The lowest BCUT2D eigenvalue weighted by molar-refractivity contribution is -0.143. The SMILES string of the molecule is Cc1ccc([C@H]2Cn3nnc(C(=O)N4CCC(C(=O)O)CC4)c3CO2)cc1. The molecule has 1 N–H and O–H groups in total. The molecular weight excluding hydrogens is 348 g/mol. The normalized spacial score (nSPS) is 20.3. The smallest absolute Gasteiger partial charge is 0.306 e. The number of piperidine rings is 1. The molecule has 2 aromatic rings. The zero-order valence-electron chi connectivity index (χ0n) is 15.2. The van der Waals surface area contributed by atoms with Crippen molar-refractivity contribution in [2.24, 2.45) is 5.92 Å². The molecule has 3 heterocycles. The van der Waals surface area contributed by atoms with Crippen molar-refractivity contribution < 1.29 is 19.4 Å². The van der Waals surface area contributed by atoms with Crippen molar-refractivity contribution in [1.82, 2.24) is 19.9 Å². The lowest BCUT2D eigenvalue weighted by Gasteiger charge is -2.30. The highest BCUT2D eigenvalue weighted by Gasteiger charge is 2.32. The van der Waals surface area contributed by atoms with Crippen LogP contribution < -0.4 is 0 Å². The average Bonchev–Trinajstić information content (AvgIpc) is 3.11. The summed E-state index contributed by atoms with van der Waals surface area (Å²) in [5, 5.41) is 17.3. The molecular formula is C19H22N4O4. The van der Waals surface area contributed by atoms with Gasteiger partial charge in [-0.05, 0) is 25.3 Å². The molecule has 8 heteroatoms. The number of hydrogen-bond acceptors (Lipinski definition) is 5. The second-order valence-electron chi connectivity index (χ2n) is 7.18. The minimum absolute atomic E-state index is 0.117. The van der Waals surface area contributed by atoms with E-state index in [2.05, 4.69) is 10.3 Å². The van der Waals surface area contributed by atoms with Gasteiger partial charge in [-0.3, -0.25) is 9.59 Å². The summed E-state index contributed by atoms with van der Waals surface area (Å²) in [5.74, 6) is -1.36. The van der Waals surface area contributed by atoms with E-state index in [1.54, 1.807) is 9.58 Å². The summed E-state index contributed by atoms with van der Waals surface area (Å²) >= 11 is 0.